The Balaban J connectivity index is 2.83. The molecule has 0 N–H and O–H groups in total. The van der Waals surface area contributed by atoms with E-state index >= 15 is 0 Å². The molecule has 2 unspecified atom stereocenters. The third-order valence-corrected chi connectivity index (χ3v) is 2.98. The Bertz CT molecular complexity index is 475. The van der Waals surface area contributed by atoms with Crippen molar-refractivity contribution in [3.8, 4) is 0 Å². The van der Waals surface area contributed by atoms with Gasteiger partial charge in [0.15, 0.2) is 11.9 Å². The van der Waals surface area contributed by atoms with Crippen molar-refractivity contribution in [1.82, 2.24) is 0 Å². The van der Waals surface area contributed by atoms with E-state index in [2.05, 4.69) is 4.74 Å². The van der Waals surface area contributed by atoms with E-state index in [4.69, 9.17) is 23.2 Å². The molecule has 0 fully saturated rings. The lowest BCUT2D eigenvalue weighted by Gasteiger charge is -2.20. The smallest absolute Gasteiger partial charge is 0.358 e. The molecule has 0 spiro atoms. The maximum atomic E-state index is 12.3. The first-order valence-electron chi connectivity index (χ1n) is 5.34. The second-order valence-electron chi connectivity index (χ2n) is 3.95. The lowest BCUT2D eigenvalue weighted by molar-refractivity contribution is -0.219. The van der Waals surface area contributed by atoms with Crippen LogP contribution in [0.15, 0.2) is 18.2 Å². The maximum Gasteiger partial charge on any atom is 0.414 e. The van der Waals surface area contributed by atoms with E-state index in [1.54, 1.807) is 0 Å². The zero-order valence-corrected chi connectivity index (χ0v) is 11.6. The van der Waals surface area contributed by atoms with Crippen LogP contribution in [0.1, 0.15) is 24.2 Å². The van der Waals surface area contributed by atoms with Gasteiger partial charge in [0, 0.05) is 10.6 Å². The summed E-state index contributed by atoms with van der Waals surface area (Å²) in [7, 11) is 0. The number of Topliss-reactive ketones (excluding diaryl/α,β-unsaturated/α-hetero) is 1. The molecule has 0 aliphatic heterocycles. The fourth-order valence-corrected chi connectivity index (χ4v) is 1.86. The molecule has 0 aliphatic rings. The first-order chi connectivity index (χ1) is 8.62. The topological polar surface area (TPSA) is 26.3 Å². The summed E-state index contributed by atoms with van der Waals surface area (Å²) in [6.07, 6.45) is -7.80. The predicted octanol–water partition coefficient (Wildman–Crippen LogP) is 4.53. The Hall–Kier alpha value is -0.780. The average molecular weight is 315 g/mol. The van der Waals surface area contributed by atoms with Gasteiger partial charge in [-0.25, -0.2) is 0 Å². The number of alkyl halides is 3. The molecule has 1 aromatic rings. The van der Waals surface area contributed by atoms with E-state index in [-0.39, 0.29) is 10.6 Å². The minimum Gasteiger partial charge on any atom is -0.358 e. The summed E-state index contributed by atoms with van der Waals surface area (Å²) < 4.78 is 41.6. The van der Waals surface area contributed by atoms with Gasteiger partial charge in [-0.3, -0.25) is 4.79 Å². The molecule has 0 heterocycles. The van der Waals surface area contributed by atoms with Crippen molar-refractivity contribution in [2.75, 3.05) is 0 Å². The molecular formula is C12H11Cl2F3O2. The summed E-state index contributed by atoms with van der Waals surface area (Å²) in [4.78, 5) is 11.9. The van der Waals surface area contributed by atoms with E-state index in [1.165, 1.54) is 25.1 Å². The lowest BCUT2D eigenvalue weighted by Crippen LogP contribution is -2.35. The fraction of sp³-hybridized carbons (Fsp3) is 0.417. The number of carbonyl (C=O) groups excluding carboxylic acids is 1. The summed E-state index contributed by atoms with van der Waals surface area (Å²) in [5.41, 5.74) is 0.0768. The summed E-state index contributed by atoms with van der Waals surface area (Å²) in [5.74, 6) is -0.627. The van der Waals surface area contributed by atoms with Crippen molar-refractivity contribution < 1.29 is 22.7 Å². The fourth-order valence-electron chi connectivity index (χ4n) is 1.35. The summed E-state index contributed by atoms with van der Waals surface area (Å²) >= 11 is 11.5. The molecule has 0 bridgehead atoms. The van der Waals surface area contributed by atoms with Crippen molar-refractivity contribution >= 4 is 29.0 Å². The second-order valence-corrected chi connectivity index (χ2v) is 4.79. The van der Waals surface area contributed by atoms with Crippen LogP contribution in [0.25, 0.3) is 0 Å². The van der Waals surface area contributed by atoms with Crippen LogP contribution in [0.3, 0.4) is 0 Å². The highest BCUT2D eigenvalue weighted by molar-refractivity contribution is 6.37. The number of carbonyl (C=O) groups is 1. The highest BCUT2D eigenvalue weighted by atomic mass is 35.5. The van der Waals surface area contributed by atoms with Gasteiger partial charge in [0.25, 0.3) is 0 Å². The van der Waals surface area contributed by atoms with Crippen LogP contribution in [-0.4, -0.2) is 24.2 Å². The molecule has 1 aromatic carbocycles. The summed E-state index contributed by atoms with van der Waals surface area (Å²) in [6, 6.07) is 4.13. The number of hydrogen-bond donors (Lipinski definition) is 0. The number of hydrogen-bond acceptors (Lipinski definition) is 2. The van der Waals surface area contributed by atoms with Crippen LogP contribution in [0.4, 0.5) is 13.2 Å². The monoisotopic (exact) mass is 314 g/mol. The largest absolute Gasteiger partial charge is 0.414 e. The Morgan fingerprint density at radius 2 is 1.84 bits per heavy atom. The van der Waals surface area contributed by atoms with Gasteiger partial charge in [0.1, 0.15) is 6.10 Å². The SMILES string of the molecule is CC(OC(C)C(F)(F)F)C(=O)c1ccc(Cl)cc1Cl. The van der Waals surface area contributed by atoms with Crippen LogP contribution in [-0.2, 0) is 4.74 Å². The highest BCUT2D eigenvalue weighted by Gasteiger charge is 2.39. The van der Waals surface area contributed by atoms with E-state index < -0.39 is 24.2 Å². The van der Waals surface area contributed by atoms with Crippen LogP contribution in [0.5, 0.6) is 0 Å². The number of rotatable bonds is 4. The Morgan fingerprint density at radius 3 is 2.32 bits per heavy atom. The molecule has 2 atom stereocenters. The Kier molecular flexibility index (Phi) is 5.24. The van der Waals surface area contributed by atoms with Gasteiger partial charge in [-0.2, -0.15) is 13.2 Å². The standard InChI is InChI=1S/C12H11Cl2F3O2/c1-6(19-7(2)12(15,16)17)11(18)9-4-3-8(13)5-10(9)14/h3-7H,1-2H3. The van der Waals surface area contributed by atoms with Crippen LogP contribution in [0, 0.1) is 0 Å². The van der Waals surface area contributed by atoms with Gasteiger partial charge in [-0.05, 0) is 32.0 Å². The molecule has 2 nitrogen and oxygen atoms in total. The third-order valence-electron chi connectivity index (χ3n) is 2.44. The number of benzene rings is 1. The molecule has 0 radical (unpaired) electrons. The number of halogens is 5. The quantitative estimate of drug-likeness (QED) is 0.763. The van der Waals surface area contributed by atoms with Gasteiger partial charge in [-0.1, -0.05) is 23.2 Å². The van der Waals surface area contributed by atoms with Gasteiger partial charge >= 0.3 is 6.18 Å². The van der Waals surface area contributed by atoms with Crippen molar-refractivity contribution in [3.05, 3.63) is 33.8 Å². The van der Waals surface area contributed by atoms with Gasteiger partial charge < -0.3 is 4.74 Å². The lowest BCUT2D eigenvalue weighted by atomic mass is 10.1. The first kappa shape index (κ1) is 16.3. The Labute approximate surface area is 118 Å². The third kappa shape index (κ3) is 4.37. The second kappa shape index (κ2) is 6.11. The molecule has 0 aromatic heterocycles. The molecular weight excluding hydrogens is 304 g/mol. The molecule has 1 rings (SSSR count). The van der Waals surface area contributed by atoms with Crippen molar-refractivity contribution in [2.45, 2.75) is 32.2 Å². The zero-order valence-electron chi connectivity index (χ0n) is 10.1. The van der Waals surface area contributed by atoms with Crippen molar-refractivity contribution in [2.24, 2.45) is 0 Å². The maximum absolute atomic E-state index is 12.3. The number of ketones is 1. The van der Waals surface area contributed by atoms with Crippen LogP contribution >= 0.6 is 23.2 Å². The highest BCUT2D eigenvalue weighted by Crippen LogP contribution is 2.26. The summed E-state index contributed by atoms with van der Waals surface area (Å²) in [5, 5.41) is 0.409. The molecule has 7 heteroatoms. The summed E-state index contributed by atoms with van der Waals surface area (Å²) in [6.45, 7) is 2.09. The van der Waals surface area contributed by atoms with Crippen molar-refractivity contribution in [3.63, 3.8) is 0 Å². The normalized spacial score (nSPS) is 15.1. The van der Waals surface area contributed by atoms with E-state index in [1.807, 2.05) is 0 Å². The van der Waals surface area contributed by atoms with E-state index in [0.717, 1.165) is 6.92 Å². The Morgan fingerprint density at radius 1 is 1.26 bits per heavy atom. The zero-order chi connectivity index (χ0) is 14.8. The molecule has 19 heavy (non-hydrogen) atoms. The molecule has 0 amide bonds. The van der Waals surface area contributed by atoms with E-state index in [9.17, 15) is 18.0 Å². The van der Waals surface area contributed by atoms with Gasteiger partial charge in [0.05, 0.1) is 5.02 Å². The molecule has 0 aliphatic carbocycles. The van der Waals surface area contributed by atoms with Gasteiger partial charge in [-0.15, -0.1) is 0 Å². The van der Waals surface area contributed by atoms with Gasteiger partial charge in [0.2, 0.25) is 0 Å². The molecule has 106 valence electrons. The van der Waals surface area contributed by atoms with Crippen molar-refractivity contribution in [1.29, 1.82) is 0 Å². The molecule has 0 saturated heterocycles. The predicted molar refractivity (Wildman–Crippen MR) is 66.9 cm³/mol. The first-order valence-corrected chi connectivity index (χ1v) is 6.10. The van der Waals surface area contributed by atoms with E-state index in [0.29, 0.717) is 5.02 Å². The van der Waals surface area contributed by atoms with Crippen LogP contribution < -0.4 is 0 Å². The average Bonchev–Trinajstić information content (AvgIpc) is 2.26. The number of ether oxygens (including phenoxy) is 1. The minimum absolute atomic E-state index is 0.0765. The molecule has 0 saturated carbocycles. The van der Waals surface area contributed by atoms with Crippen LogP contribution in [0.2, 0.25) is 10.0 Å². The minimum atomic E-state index is -4.52.